The van der Waals surface area contributed by atoms with E-state index in [2.05, 4.69) is 4.90 Å². The quantitative estimate of drug-likeness (QED) is 0.855. The smallest absolute Gasteiger partial charge is 0.336 e. The van der Waals surface area contributed by atoms with Gasteiger partial charge in [-0.05, 0) is 43.1 Å². The molecule has 1 aliphatic rings. The minimum absolute atomic E-state index is 0.200. The van der Waals surface area contributed by atoms with E-state index in [1.54, 1.807) is 0 Å². The molecule has 92 valence electrons. The van der Waals surface area contributed by atoms with E-state index in [-0.39, 0.29) is 11.4 Å². The van der Waals surface area contributed by atoms with Crippen molar-refractivity contribution in [1.82, 2.24) is 4.90 Å². The topological polar surface area (TPSA) is 40.5 Å². The molecule has 0 heterocycles. The van der Waals surface area contributed by atoms with Crippen molar-refractivity contribution in [2.75, 3.05) is 6.54 Å². The van der Waals surface area contributed by atoms with Crippen LogP contribution in [0.5, 0.6) is 0 Å². The van der Waals surface area contributed by atoms with Crippen LogP contribution in [-0.4, -0.2) is 28.6 Å². The van der Waals surface area contributed by atoms with Gasteiger partial charge in [-0.15, -0.1) is 0 Å². The average molecular weight is 237 g/mol. The van der Waals surface area contributed by atoms with Gasteiger partial charge in [0.2, 0.25) is 0 Å². The number of carbonyl (C=O) groups is 1. The van der Waals surface area contributed by atoms with Crippen LogP contribution in [0.4, 0.5) is 4.39 Å². The molecule has 0 spiro atoms. The Morgan fingerprint density at radius 2 is 2.24 bits per heavy atom. The zero-order valence-corrected chi connectivity index (χ0v) is 9.82. The lowest BCUT2D eigenvalue weighted by atomic mass is 10.1. The molecule has 17 heavy (non-hydrogen) atoms. The van der Waals surface area contributed by atoms with E-state index in [1.165, 1.54) is 18.2 Å². The summed E-state index contributed by atoms with van der Waals surface area (Å²) in [5.74, 6) is -1.37. The lowest BCUT2D eigenvalue weighted by Gasteiger charge is -2.20. The first kappa shape index (κ1) is 12.0. The lowest BCUT2D eigenvalue weighted by Crippen LogP contribution is -2.26. The highest BCUT2D eigenvalue weighted by Crippen LogP contribution is 2.28. The third kappa shape index (κ3) is 2.82. The summed E-state index contributed by atoms with van der Waals surface area (Å²) in [4.78, 5) is 13.2. The van der Waals surface area contributed by atoms with E-state index in [0.717, 1.165) is 19.4 Å². The molecule has 0 unspecified atom stereocenters. The van der Waals surface area contributed by atoms with Gasteiger partial charge in [0, 0.05) is 12.6 Å². The Morgan fingerprint density at radius 1 is 1.53 bits per heavy atom. The second-order valence-corrected chi connectivity index (χ2v) is 4.40. The Kier molecular flexibility index (Phi) is 3.43. The van der Waals surface area contributed by atoms with E-state index >= 15 is 0 Å². The number of halogens is 1. The van der Waals surface area contributed by atoms with E-state index in [9.17, 15) is 9.18 Å². The molecule has 0 radical (unpaired) electrons. The van der Waals surface area contributed by atoms with E-state index in [4.69, 9.17) is 5.11 Å². The number of rotatable bonds is 5. The maximum absolute atomic E-state index is 13.2. The molecule has 0 atom stereocenters. The zero-order chi connectivity index (χ0) is 12.4. The van der Waals surface area contributed by atoms with Gasteiger partial charge in [0.25, 0.3) is 0 Å². The third-order valence-corrected chi connectivity index (χ3v) is 3.14. The Hall–Kier alpha value is -1.42. The number of nitrogens with zero attached hydrogens (tertiary/aromatic N) is 1. The van der Waals surface area contributed by atoms with Gasteiger partial charge in [0.05, 0.1) is 5.56 Å². The Morgan fingerprint density at radius 3 is 2.76 bits per heavy atom. The summed E-state index contributed by atoms with van der Waals surface area (Å²) >= 11 is 0. The first-order valence-electron chi connectivity index (χ1n) is 5.87. The van der Waals surface area contributed by atoms with Crippen LogP contribution >= 0.6 is 0 Å². The molecule has 1 fully saturated rings. The molecule has 0 aromatic heterocycles. The fourth-order valence-electron chi connectivity index (χ4n) is 2.06. The standard InChI is InChI=1S/C13H16FNO2/c1-2-15(11-4-5-11)8-9-7-10(14)3-6-12(9)13(16)17/h3,6-7,11H,2,4-5,8H2,1H3,(H,16,17). The van der Waals surface area contributed by atoms with Crippen LogP contribution in [0.25, 0.3) is 0 Å². The van der Waals surface area contributed by atoms with Gasteiger partial charge in [-0.1, -0.05) is 6.92 Å². The van der Waals surface area contributed by atoms with Crippen molar-refractivity contribution in [2.45, 2.75) is 32.4 Å². The number of hydrogen-bond acceptors (Lipinski definition) is 2. The van der Waals surface area contributed by atoms with Crippen molar-refractivity contribution in [3.05, 3.63) is 35.1 Å². The molecule has 3 nitrogen and oxygen atoms in total. The number of carboxylic acid groups (broad SMARTS) is 1. The molecule has 1 aromatic rings. The minimum Gasteiger partial charge on any atom is -0.478 e. The molecule has 0 saturated heterocycles. The van der Waals surface area contributed by atoms with Gasteiger partial charge in [-0.3, -0.25) is 4.90 Å². The summed E-state index contributed by atoms with van der Waals surface area (Å²) in [5, 5.41) is 9.06. The van der Waals surface area contributed by atoms with Crippen LogP contribution in [0.2, 0.25) is 0 Å². The number of aromatic carboxylic acids is 1. The van der Waals surface area contributed by atoms with Crippen LogP contribution in [0, 0.1) is 5.82 Å². The van der Waals surface area contributed by atoms with Crippen molar-refractivity contribution < 1.29 is 14.3 Å². The van der Waals surface area contributed by atoms with Gasteiger partial charge in [-0.2, -0.15) is 0 Å². The third-order valence-electron chi connectivity index (χ3n) is 3.14. The van der Waals surface area contributed by atoms with Gasteiger partial charge in [0.1, 0.15) is 5.82 Å². The maximum atomic E-state index is 13.2. The van der Waals surface area contributed by atoms with Crippen molar-refractivity contribution >= 4 is 5.97 Å². The van der Waals surface area contributed by atoms with Crippen LogP contribution < -0.4 is 0 Å². The molecule has 2 rings (SSSR count). The van der Waals surface area contributed by atoms with Crippen LogP contribution in [0.15, 0.2) is 18.2 Å². The largest absolute Gasteiger partial charge is 0.478 e. The number of benzene rings is 1. The molecule has 1 N–H and O–H groups in total. The van der Waals surface area contributed by atoms with E-state index in [1.807, 2.05) is 6.92 Å². The predicted molar refractivity (Wildman–Crippen MR) is 62.5 cm³/mol. The first-order chi connectivity index (χ1) is 8.11. The Balaban J connectivity index is 2.22. The summed E-state index contributed by atoms with van der Waals surface area (Å²) in [7, 11) is 0. The second kappa shape index (κ2) is 4.84. The normalized spacial score (nSPS) is 15.2. The monoisotopic (exact) mass is 237 g/mol. The molecular formula is C13H16FNO2. The molecular weight excluding hydrogens is 221 g/mol. The SMILES string of the molecule is CCN(Cc1cc(F)ccc1C(=O)O)C1CC1. The Labute approximate surface area is 99.9 Å². The molecule has 4 heteroatoms. The van der Waals surface area contributed by atoms with Gasteiger partial charge >= 0.3 is 5.97 Å². The number of hydrogen-bond donors (Lipinski definition) is 1. The molecule has 1 aliphatic carbocycles. The first-order valence-corrected chi connectivity index (χ1v) is 5.87. The lowest BCUT2D eigenvalue weighted by molar-refractivity contribution is 0.0694. The average Bonchev–Trinajstić information content (AvgIpc) is 3.09. The Bertz CT molecular complexity index is 429. The number of carboxylic acids is 1. The van der Waals surface area contributed by atoms with Crippen molar-refractivity contribution in [2.24, 2.45) is 0 Å². The van der Waals surface area contributed by atoms with Gasteiger partial charge < -0.3 is 5.11 Å². The highest BCUT2D eigenvalue weighted by atomic mass is 19.1. The van der Waals surface area contributed by atoms with Crippen LogP contribution in [-0.2, 0) is 6.54 Å². The molecule has 1 aromatic carbocycles. The zero-order valence-electron chi connectivity index (χ0n) is 9.82. The van der Waals surface area contributed by atoms with Crippen LogP contribution in [0.3, 0.4) is 0 Å². The highest BCUT2D eigenvalue weighted by molar-refractivity contribution is 5.89. The second-order valence-electron chi connectivity index (χ2n) is 4.40. The fourth-order valence-corrected chi connectivity index (χ4v) is 2.06. The van der Waals surface area contributed by atoms with Crippen molar-refractivity contribution in [3.63, 3.8) is 0 Å². The fraction of sp³-hybridized carbons (Fsp3) is 0.462. The van der Waals surface area contributed by atoms with Gasteiger partial charge in [0.15, 0.2) is 0 Å². The summed E-state index contributed by atoms with van der Waals surface area (Å²) < 4.78 is 13.2. The summed E-state index contributed by atoms with van der Waals surface area (Å²) in [6.07, 6.45) is 2.32. The van der Waals surface area contributed by atoms with Gasteiger partial charge in [-0.25, -0.2) is 9.18 Å². The summed E-state index contributed by atoms with van der Waals surface area (Å²) in [6.45, 7) is 3.42. The van der Waals surface area contributed by atoms with E-state index in [0.29, 0.717) is 18.2 Å². The maximum Gasteiger partial charge on any atom is 0.336 e. The summed E-state index contributed by atoms with van der Waals surface area (Å²) in [5.41, 5.74) is 0.761. The van der Waals surface area contributed by atoms with Crippen molar-refractivity contribution in [1.29, 1.82) is 0 Å². The summed E-state index contributed by atoms with van der Waals surface area (Å²) in [6, 6.07) is 4.41. The molecule has 0 bridgehead atoms. The molecule has 1 saturated carbocycles. The molecule has 0 aliphatic heterocycles. The molecule has 0 amide bonds. The minimum atomic E-state index is -0.994. The predicted octanol–water partition coefficient (Wildman–Crippen LogP) is 2.51. The van der Waals surface area contributed by atoms with E-state index < -0.39 is 5.97 Å². The van der Waals surface area contributed by atoms with Crippen LogP contribution in [0.1, 0.15) is 35.7 Å². The highest BCUT2D eigenvalue weighted by Gasteiger charge is 2.28. The van der Waals surface area contributed by atoms with Crippen molar-refractivity contribution in [3.8, 4) is 0 Å².